The highest BCUT2D eigenvalue weighted by Crippen LogP contribution is 2.22. The number of nitrogens with zero attached hydrogens (tertiary/aromatic N) is 1. The second-order valence-electron chi connectivity index (χ2n) is 5.11. The van der Waals surface area contributed by atoms with Crippen LogP contribution in [0.2, 0.25) is 0 Å². The Bertz CT molecular complexity index is 511. The van der Waals surface area contributed by atoms with Crippen LogP contribution in [0, 0.1) is 13.8 Å². The summed E-state index contributed by atoms with van der Waals surface area (Å²) < 4.78 is 0. The second kappa shape index (κ2) is 5.43. The van der Waals surface area contributed by atoms with Crippen LogP contribution in [0.4, 0.5) is 5.69 Å². The van der Waals surface area contributed by atoms with Gasteiger partial charge in [0.15, 0.2) is 0 Å². The van der Waals surface area contributed by atoms with Gasteiger partial charge in [0.05, 0.1) is 0 Å². The number of benzene rings is 1. The van der Waals surface area contributed by atoms with E-state index in [1.54, 1.807) is 4.90 Å². The molecule has 4 heteroatoms. The van der Waals surface area contributed by atoms with E-state index in [2.05, 4.69) is 5.32 Å². The number of hydrogen-bond donors (Lipinski definition) is 1. The Morgan fingerprint density at radius 1 is 1.32 bits per heavy atom. The van der Waals surface area contributed by atoms with Gasteiger partial charge in [-0.3, -0.25) is 9.59 Å². The average Bonchev–Trinajstić information content (AvgIpc) is 2.84. The molecule has 0 aromatic heterocycles. The molecule has 1 N–H and O–H groups in total. The molecule has 1 aromatic rings. The lowest BCUT2D eigenvalue weighted by molar-refractivity contribution is -0.134. The van der Waals surface area contributed by atoms with Crippen molar-refractivity contribution in [2.75, 3.05) is 11.9 Å². The third-order valence-electron chi connectivity index (χ3n) is 3.82. The molecule has 0 aliphatic carbocycles. The number of aryl methyl sites for hydroxylation is 1. The SMILES string of the molecule is CC(=O)N1CCCC1C(=O)Nc1cccc(C)c1C. The molecule has 1 atom stereocenters. The highest BCUT2D eigenvalue weighted by atomic mass is 16.2. The van der Waals surface area contributed by atoms with Crippen LogP contribution >= 0.6 is 0 Å². The minimum atomic E-state index is -0.322. The molecule has 1 saturated heterocycles. The first-order valence-corrected chi connectivity index (χ1v) is 6.65. The van der Waals surface area contributed by atoms with Crippen molar-refractivity contribution in [3.63, 3.8) is 0 Å². The van der Waals surface area contributed by atoms with Crippen LogP contribution in [-0.2, 0) is 9.59 Å². The number of carbonyl (C=O) groups excluding carboxylic acids is 2. The highest BCUT2D eigenvalue weighted by molar-refractivity contribution is 5.97. The molecule has 1 fully saturated rings. The molecule has 4 nitrogen and oxygen atoms in total. The zero-order valence-electron chi connectivity index (χ0n) is 11.7. The molecular formula is C15H20N2O2. The zero-order chi connectivity index (χ0) is 14.0. The molecule has 1 aliphatic heterocycles. The Kier molecular flexibility index (Phi) is 3.88. The molecular weight excluding hydrogens is 240 g/mol. The van der Waals surface area contributed by atoms with E-state index in [0.717, 1.165) is 29.7 Å². The van der Waals surface area contributed by atoms with Crippen LogP contribution in [0.15, 0.2) is 18.2 Å². The largest absolute Gasteiger partial charge is 0.331 e. The minimum Gasteiger partial charge on any atom is -0.331 e. The molecule has 102 valence electrons. The number of anilines is 1. The second-order valence-corrected chi connectivity index (χ2v) is 5.11. The van der Waals surface area contributed by atoms with E-state index in [4.69, 9.17) is 0 Å². The fourth-order valence-electron chi connectivity index (χ4n) is 2.52. The van der Waals surface area contributed by atoms with E-state index in [1.807, 2.05) is 32.0 Å². The number of hydrogen-bond acceptors (Lipinski definition) is 2. The van der Waals surface area contributed by atoms with Crippen molar-refractivity contribution in [2.24, 2.45) is 0 Å². The van der Waals surface area contributed by atoms with Crippen molar-refractivity contribution >= 4 is 17.5 Å². The highest BCUT2D eigenvalue weighted by Gasteiger charge is 2.32. The van der Waals surface area contributed by atoms with Gasteiger partial charge in [0, 0.05) is 19.2 Å². The maximum absolute atomic E-state index is 12.3. The summed E-state index contributed by atoms with van der Waals surface area (Å²) >= 11 is 0. The number of rotatable bonds is 2. The van der Waals surface area contributed by atoms with Crippen LogP contribution in [-0.4, -0.2) is 29.3 Å². The molecule has 1 aromatic carbocycles. The topological polar surface area (TPSA) is 49.4 Å². The molecule has 0 saturated carbocycles. The van der Waals surface area contributed by atoms with Crippen molar-refractivity contribution in [1.82, 2.24) is 4.90 Å². The van der Waals surface area contributed by atoms with Gasteiger partial charge in [-0.25, -0.2) is 0 Å². The third kappa shape index (κ3) is 2.78. The smallest absolute Gasteiger partial charge is 0.247 e. The van der Waals surface area contributed by atoms with E-state index in [9.17, 15) is 9.59 Å². The molecule has 0 spiro atoms. The summed E-state index contributed by atoms with van der Waals surface area (Å²) in [6.45, 7) is 6.20. The van der Waals surface area contributed by atoms with Crippen LogP contribution in [0.1, 0.15) is 30.9 Å². The first-order valence-electron chi connectivity index (χ1n) is 6.65. The molecule has 1 aliphatic rings. The van der Waals surface area contributed by atoms with E-state index in [0.29, 0.717) is 6.54 Å². The summed E-state index contributed by atoms with van der Waals surface area (Å²) in [5.74, 6) is -0.111. The van der Waals surface area contributed by atoms with E-state index < -0.39 is 0 Å². The third-order valence-corrected chi connectivity index (χ3v) is 3.82. The molecule has 19 heavy (non-hydrogen) atoms. The van der Waals surface area contributed by atoms with Crippen molar-refractivity contribution < 1.29 is 9.59 Å². The Labute approximate surface area is 113 Å². The Balaban J connectivity index is 2.13. The van der Waals surface area contributed by atoms with Gasteiger partial charge in [0.25, 0.3) is 0 Å². The van der Waals surface area contributed by atoms with Gasteiger partial charge in [-0.05, 0) is 43.9 Å². The van der Waals surface area contributed by atoms with Crippen molar-refractivity contribution in [2.45, 2.75) is 39.7 Å². The quantitative estimate of drug-likeness (QED) is 0.886. The monoisotopic (exact) mass is 260 g/mol. The number of amides is 2. The summed E-state index contributed by atoms with van der Waals surface area (Å²) in [5.41, 5.74) is 3.05. The van der Waals surface area contributed by atoms with Crippen molar-refractivity contribution in [1.29, 1.82) is 0 Å². The molecule has 1 unspecified atom stereocenters. The summed E-state index contributed by atoms with van der Waals surface area (Å²) in [6, 6.07) is 5.52. The standard InChI is InChI=1S/C15H20N2O2/c1-10-6-4-7-13(11(10)2)16-15(19)14-8-5-9-17(14)12(3)18/h4,6-7,14H,5,8-9H2,1-3H3,(H,16,19). The van der Waals surface area contributed by atoms with E-state index in [1.165, 1.54) is 6.92 Å². The van der Waals surface area contributed by atoms with E-state index >= 15 is 0 Å². The normalized spacial score (nSPS) is 18.5. The number of likely N-dealkylation sites (tertiary alicyclic amines) is 1. The first-order chi connectivity index (χ1) is 9.00. The van der Waals surface area contributed by atoms with Gasteiger partial charge in [-0.1, -0.05) is 12.1 Å². The molecule has 2 amide bonds. The van der Waals surface area contributed by atoms with Gasteiger partial charge in [0.2, 0.25) is 11.8 Å². The van der Waals surface area contributed by atoms with Crippen LogP contribution < -0.4 is 5.32 Å². The fraction of sp³-hybridized carbons (Fsp3) is 0.467. The average molecular weight is 260 g/mol. The molecule has 0 bridgehead atoms. The van der Waals surface area contributed by atoms with Crippen LogP contribution in [0.5, 0.6) is 0 Å². The van der Waals surface area contributed by atoms with Crippen LogP contribution in [0.3, 0.4) is 0 Å². The predicted octanol–water partition coefficient (Wildman–Crippen LogP) is 2.25. The summed E-state index contributed by atoms with van der Waals surface area (Å²) in [5, 5.41) is 2.94. The Morgan fingerprint density at radius 3 is 2.74 bits per heavy atom. The molecule has 0 radical (unpaired) electrons. The molecule has 1 heterocycles. The lowest BCUT2D eigenvalue weighted by Crippen LogP contribution is -2.42. The van der Waals surface area contributed by atoms with Crippen molar-refractivity contribution in [3.05, 3.63) is 29.3 Å². The van der Waals surface area contributed by atoms with Gasteiger partial charge in [-0.2, -0.15) is 0 Å². The van der Waals surface area contributed by atoms with Gasteiger partial charge in [-0.15, -0.1) is 0 Å². The lowest BCUT2D eigenvalue weighted by atomic mass is 10.1. The lowest BCUT2D eigenvalue weighted by Gasteiger charge is -2.23. The van der Waals surface area contributed by atoms with Crippen LogP contribution in [0.25, 0.3) is 0 Å². The maximum Gasteiger partial charge on any atom is 0.247 e. The van der Waals surface area contributed by atoms with Gasteiger partial charge >= 0.3 is 0 Å². The van der Waals surface area contributed by atoms with E-state index in [-0.39, 0.29) is 17.9 Å². The maximum atomic E-state index is 12.3. The van der Waals surface area contributed by atoms with Gasteiger partial charge in [0.1, 0.15) is 6.04 Å². The fourth-order valence-corrected chi connectivity index (χ4v) is 2.52. The first kappa shape index (κ1) is 13.6. The Morgan fingerprint density at radius 2 is 2.05 bits per heavy atom. The summed E-state index contributed by atoms with van der Waals surface area (Å²) in [4.78, 5) is 25.4. The number of carbonyl (C=O) groups is 2. The minimum absolute atomic E-state index is 0.0291. The molecule has 2 rings (SSSR count). The van der Waals surface area contributed by atoms with Crippen molar-refractivity contribution in [3.8, 4) is 0 Å². The Hall–Kier alpha value is -1.84. The van der Waals surface area contributed by atoms with Gasteiger partial charge < -0.3 is 10.2 Å². The zero-order valence-corrected chi connectivity index (χ0v) is 11.7. The number of nitrogens with one attached hydrogen (secondary N) is 1. The summed E-state index contributed by atoms with van der Waals surface area (Å²) in [6.07, 6.45) is 1.64. The predicted molar refractivity (Wildman–Crippen MR) is 75.0 cm³/mol. The summed E-state index contributed by atoms with van der Waals surface area (Å²) in [7, 11) is 0.